The number of tetrazole rings is 1. The number of rotatable bonds is 11. The highest BCUT2D eigenvalue weighted by Gasteiger charge is 2.14. The first kappa shape index (κ1) is 25.4. The number of hydrogen-bond donors (Lipinski definition) is 2. The molecule has 3 aromatic carbocycles. The van der Waals surface area contributed by atoms with Crippen LogP contribution < -0.4 is 20.1 Å². The van der Waals surface area contributed by atoms with Gasteiger partial charge in [0.2, 0.25) is 0 Å². The highest BCUT2D eigenvalue weighted by atomic mass is 35.5. The molecule has 35 heavy (non-hydrogen) atoms. The summed E-state index contributed by atoms with van der Waals surface area (Å²) in [5, 5.41) is 28.9. The van der Waals surface area contributed by atoms with Crippen molar-refractivity contribution in [2.24, 2.45) is 0 Å². The molecular weight excluding hydrogens is 474 g/mol. The van der Waals surface area contributed by atoms with Gasteiger partial charge in [-0.1, -0.05) is 29.4 Å². The maximum atomic E-state index is 10.7. The Morgan fingerprint density at radius 3 is 2.49 bits per heavy atom. The van der Waals surface area contributed by atoms with Crippen LogP contribution in [0.2, 0.25) is 0 Å². The fraction of sp³-hybridized carbons (Fsp3) is 0.174. The summed E-state index contributed by atoms with van der Waals surface area (Å²) in [4.78, 5) is 10.3. The quantitative estimate of drug-likeness (QED) is 0.179. The number of para-hydroxylation sites is 1. The molecule has 0 saturated carbocycles. The molecule has 0 radical (unpaired) electrons. The second-order valence-corrected chi connectivity index (χ2v) is 7.20. The molecule has 0 aliphatic carbocycles. The molecule has 0 atom stereocenters. The second kappa shape index (κ2) is 12.3. The molecule has 1 aromatic heterocycles. The lowest BCUT2D eigenvalue weighted by Crippen LogP contribution is -2.21. The third-order valence-corrected chi connectivity index (χ3v) is 4.91. The van der Waals surface area contributed by atoms with Gasteiger partial charge in [-0.3, -0.25) is 10.1 Å². The summed E-state index contributed by atoms with van der Waals surface area (Å²) >= 11 is 0. The molecule has 0 aliphatic rings. The van der Waals surface area contributed by atoms with E-state index in [0.29, 0.717) is 31.1 Å². The summed E-state index contributed by atoms with van der Waals surface area (Å²) in [6.07, 6.45) is 0. The molecular formula is C23H24ClN7O4. The predicted octanol–water partition coefficient (Wildman–Crippen LogP) is 3.99. The maximum Gasteiger partial charge on any atom is 0.346 e. The van der Waals surface area contributed by atoms with Gasteiger partial charge in [0.15, 0.2) is 11.5 Å². The molecule has 0 amide bonds. The van der Waals surface area contributed by atoms with E-state index in [-0.39, 0.29) is 24.1 Å². The van der Waals surface area contributed by atoms with E-state index in [0.717, 1.165) is 16.9 Å². The molecule has 4 rings (SSSR count). The first-order valence-corrected chi connectivity index (χ1v) is 10.5. The van der Waals surface area contributed by atoms with Crippen molar-refractivity contribution in [3.8, 4) is 23.2 Å². The molecule has 11 nitrogen and oxygen atoms in total. The van der Waals surface area contributed by atoms with Crippen molar-refractivity contribution in [3.05, 3.63) is 88.5 Å². The number of halogens is 1. The van der Waals surface area contributed by atoms with Gasteiger partial charge in [0.25, 0.3) is 5.69 Å². The smallest absolute Gasteiger partial charge is 0.346 e. The van der Waals surface area contributed by atoms with Gasteiger partial charge in [0, 0.05) is 37.5 Å². The van der Waals surface area contributed by atoms with E-state index in [1.165, 1.54) is 16.8 Å². The van der Waals surface area contributed by atoms with Gasteiger partial charge in [-0.05, 0) is 52.4 Å². The third kappa shape index (κ3) is 6.65. The van der Waals surface area contributed by atoms with E-state index in [1.54, 1.807) is 19.2 Å². The summed E-state index contributed by atoms with van der Waals surface area (Å²) in [5.41, 5.74) is 2.70. The van der Waals surface area contributed by atoms with Crippen LogP contribution in [0.5, 0.6) is 17.5 Å². The zero-order valence-electron chi connectivity index (χ0n) is 18.8. The number of nitrogens with one attached hydrogen (secondary N) is 2. The topological polar surface area (TPSA) is 129 Å². The molecule has 182 valence electrons. The zero-order valence-corrected chi connectivity index (χ0v) is 19.6. The average molecular weight is 498 g/mol. The van der Waals surface area contributed by atoms with Gasteiger partial charge in [0.05, 0.1) is 17.7 Å². The van der Waals surface area contributed by atoms with E-state index < -0.39 is 4.92 Å². The Labute approximate surface area is 207 Å². The number of anilines is 1. The lowest BCUT2D eigenvalue weighted by molar-refractivity contribution is -0.384. The highest BCUT2D eigenvalue weighted by molar-refractivity contribution is 5.85. The molecule has 4 aromatic rings. The Balaban J connectivity index is 0.00000342. The number of nitrogens with zero attached hydrogens (tertiary/aromatic N) is 5. The van der Waals surface area contributed by atoms with E-state index in [2.05, 4.69) is 26.2 Å². The van der Waals surface area contributed by atoms with Gasteiger partial charge in [-0.15, -0.1) is 12.4 Å². The second-order valence-electron chi connectivity index (χ2n) is 7.20. The number of aromatic nitrogens is 4. The summed E-state index contributed by atoms with van der Waals surface area (Å²) in [5.74, 6) is 1.06. The Hall–Kier alpha value is -4.22. The number of nitro benzene ring substituents is 1. The van der Waals surface area contributed by atoms with Gasteiger partial charge >= 0.3 is 6.01 Å². The minimum atomic E-state index is -0.416. The number of methoxy groups -OCH3 is 1. The van der Waals surface area contributed by atoms with Crippen LogP contribution in [0, 0.1) is 10.1 Å². The number of nitro groups is 1. The van der Waals surface area contributed by atoms with Crippen molar-refractivity contribution in [2.45, 2.75) is 6.54 Å². The largest absolute Gasteiger partial charge is 0.493 e. The van der Waals surface area contributed by atoms with Gasteiger partial charge < -0.3 is 20.1 Å². The molecule has 0 spiro atoms. The molecule has 2 N–H and O–H groups in total. The first-order valence-electron chi connectivity index (χ1n) is 10.5. The van der Waals surface area contributed by atoms with E-state index in [4.69, 9.17) is 9.47 Å². The van der Waals surface area contributed by atoms with Gasteiger partial charge in [0.1, 0.15) is 0 Å². The molecule has 0 unspecified atom stereocenters. The van der Waals surface area contributed by atoms with Crippen LogP contribution in [0.25, 0.3) is 5.69 Å². The predicted molar refractivity (Wildman–Crippen MR) is 133 cm³/mol. The molecule has 0 saturated heterocycles. The lowest BCUT2D eigenvalue weighted by atomic mass is 10.2. The van der Waals surface area contributed by atoms with Crippen molar-refractivity contribution >= 4 is 23.8 Å². The van der Waals surface area contributed by atoms with Crippen LogP contribution in [0.1, 0.15) is 5.56 Å². The number of non-ortho nitro benzene ring substituents is 1. The van der Waals surface area contributed by atoms with Crippen molar-refractivity contribution in [3.63, 3.8) is 0 Å². The van der Waals surface area contributed by atoms with E-state index in [9.17, 15) is 10.1 Å². The first-order chi connectivity index (χ1) is 16.6. The molecule has 1 heterocycles. The maximum absolute atomic E-state index is 10.7. The molecule has 12 heteroatoms. The summed E-state index contributed by atoms with van der Waals surface area (Å²) < 4.78 is 12.9. The number of ether oxygens (including phenoxy) is 2. The third-order valence-electron chi connectivity index (χ3n) is 4.91. The van der Waals surface area contributed by atoms with Crippen molar-refractivity contribution < 1.29 is 14.4 Å². The summed E-state index contributed by atoms with van der Waals surface area (Å²) in [6, 6.07) is 21.7. The fourth-order valence-corrected chi connectivity index (χ4v) is 3.21. The fourth-order valence-electron chi connectivity index (χ4n) is 3.21. The number of hydrogen-bond acceptors (Lipinski definition) is 9. The van der Waals surface area contributed by atoms with Crippen LogP contribution in [0.4, 0.5) is 11.4 Å². The Kier molecular flexibility index (Phi) is 8.93. The molecule has 0 fully saturated rings. The van der Waals surface area contributed by atoms with Crippen LogP contribution >= 0.6 is 12.4 Å². The number of benzene rings is 3. The summed E-state index contributed by atoms with van der Waals surface area (Å²) in [7, 11) is 1.58. The highest BCUT2D eigenvalue weighted by Crippen LogP contribution is 2.32. The Morgan fingerprint density at radius 2 is 1.77 bits per heavy atom. The van der Waals surface area contributed by atoms with Gasteiger partial charge in [-0.25, -0.2) is 0 Å². The van der Waals surface area contributed by atoms with Crippen LogP contribution in [0.3, 0.4) is 0 Å². The summed E-state index contributed by atoms with van der Waals surface area (Å²) in [6.45, 7) is 1.99. The minimum Gasteiger partial charge on any atom is -0.493 e. The SMILES string of the molecule is COc1cc(CNCCNc2ccc([N+](=O)[O-])cc2)ccc1Oc1nnnn1-c1ccccc1.Cl. The zero-order chi connectivity index (χ0) is 23.8. The van der Waals surface area contributed by atoms with E-state index in [1.807, 2.05) is 48.5 Å². The minimum absolute atomic E-state index is 0. The Bertz CT molecular complexity index is 1240. The Morgan fingerprint density at radius 1 is 1.00 bits per heavy atom. The van der Waals surface area contributed by atoms with Crippen LogP contribution in [0.15, 0.2) is 72.8 Å². The average Bonchev–Trinajstić information content (AvgIpc) is 3.33. The lowest BCUT2D eigenvalue weighted by Gasteiger charge is -2.12. The van der Waals surface area contributed by atoms with Crippen LogP contribution in [-0.2, 0) is 6.54 Å². The normalized spacial score (nSPS) is 10.3. The van der Waals surface area contributed by atoms with Crippen LogP contribution in [-0.4, -0.2) is 45.3 Å². The molecule has 0 aliphatic heterocycles. The van der Waals surface area contributed by atoms with E-state index >= 15 is 0 Å². The van der Waals surface area contributed by atoms with Crippen molar-refractivity contribution in [2.75, 3.05) is 25.5 Å². The molecule has 0 bridgehead atoms. The van der Waals surface area contributed by atoms with Crippen molar-refractivity contribution in [1.29, 1.82) is 0 Å². The van der Waals surface area contributed by atoms with Crippen molar-refractivity contribution in [1.82, 2.24) is 25.5 Å². The standard InChI is InChI=1S/C23H23N7O4.ClH/c1-33-22-15-17(16-24-13-14-25-18-8-10-20(11-9-18)30(31)32)7-12-21(22)34-23-26-27-28-29(23)19-5-3-2-4-6-19;/h2-12,15,24-25H,13-14,16H2,1H3;1H. The monoisotopic (exact) mass is 497 g/mol. The van der Waals surface area contributed by atoms with Gasteiger partial charge in [-0.2, -0.15) is 4.68 Å².